The molecule has 0 amide bonds. The molecular weight excluding hydrogens is 322 g/mol. The van der Waals surface area contributed by atoms with Crippen LogP contribution in [0.4, 0.5) is 0 Å². The molecule has 7 nitrogen and oxygen atoms in total. The molecule has 134 valence electrons. The van der Waals surface area contributed by atoms with E-state index < -0.39 is 5.97 Å². The molecule has 7 heteroatoms. The van der Waals surface area contributed by atoms with Crippen LogP contribution < -0.4 is 4.74 Å². The molecular formula is C18H23N3O4. The number of rotatable bonds is 4. The number of fused-ring (bicyclic) bond motifs is 4. The van der Waals surface area contributed by atoms with Gasteiger partial charge in [0.05, 0.1) is 18.4 Å². The molecule has 2 bridgehead atoms. The van der Waals surface area contributed by atoms with Gasteiger partial charge in [0.1, 0.15) is 11.2 Å². The van der Waals surface area contributed by atoms with Gasteiger partial charge in [0, 0.05) is 12.4 Å². The number of ether oxygens (including phenoxy) is 2. The van der Waals surface area contributed by atoms with Gasteiger partial charge in [0.15, 0.2) is 0 Å². The number of hydrogen-bond acceptors (Lipinski definition) is 5. The minimum atomic E-state index is -1.07. The van der Waals surface area contributed by atoms with E-state index in [1.54, 1.807) is 4.40 Å². The zero-order valence-corrected chi connectivity index (χ0v) is 14.8. The molecule has 2 aromatic rings. The van der Waals surface area contributed by atoms with Gasteiger partial charge in [0.25, 0.3) is 0 Å². The molecule has 0 unspecified atom stereocenters. The summed E-state index contributed by atoms with van der Waals surface area (Å²) in [5.41, 5.74) is 0.783. The van der Waals surface area contributed by atoms with E-state index >= 15 is 0 Å². The van der Waals surface area contributed by atoms with Gasteiger partial charge in [-0.15, -0.1) is 0 Å². The van der Waals surface area contributed by atoms with Crippen LogP contribution in [0.1, 0.15) is 62.5 Å². The predicted octanol–water partition coefficient (Wildman–Crippen LogP) is 3.02. The summed E-state index contributed by atoms with van der Waals surface area (Å²) in [7, 11) is 0. The van der Waals surface area contributed by atoms with E-state index in [0.717, 1.165) is 38.0 Å². The second-order valence-electron chi connectivity index (χ2n) is 7.86. The number of aromatic nitrogens is 3. The van der Waals surface area contributed by atoms with Crippen molar-refractivity contribution < 1.29 is 19.4 Å². The smallest absolute Gasteiger partial charge is 0.342 e. The summed E-state index contributed by atoms with van der Waals surface area (Å²) in [4.78, 5) is 20.5. The average molecular weight is 345 g/mol. The summed E-state index contributed by atoms with van der Waals surface area (Å²) in [6.45, 7) is 6.69. The van der Waals surface area contributed by atoms with Gasteiger partial charge >= 0.3 is 5.97 Å². The molecule has 3 fully saturated rings. The summed E-state index contributed by atoms with van der Waals surface area (Å²) >= 11 is 0. The first-order valence-electron chi connectivity index (χ1n) is 8.74. The highest BCUT2D eigenvalue weighted by Gasteiger charge is 2.49. The van der Waals surface area contributed by atoms with Crippen LogP contribution in [0.3, 0.4) is 0 Å². The Labute approximate surface area is 146 Å². The van der Waals surface area contributed by atoms with E-state index in [9.17, 15) is 9.90 Å². The first-order chi connectivity index (χ1) is 11.8. The third-order valence-electron chi connectivity index (χ3n) is 5.42. The highest BCUT2D eigenvalue weighted by Crippen LogP contribution is 2.52. The lowest BCUT2D eigenvalue weighted by molar-refractivity contribution is -0.185. The van der Waals surface area contributed by atoms with Crippen molar-refractivity contribution >= 4 is 11.7 Å². The molecule has 1 aliphatic carbocycles. The van der Waals surface area contributed by atoms with Crippen molar-refractivity contribution in [2.24, 2.45) is 5.41 Å². The summed E-state index contributed by atoms with van der Waals surface area (Å²) in [5, 5.41) is 9.45. The minimum Gasteiger partial charge on any atom is -0.477 e. The standard InChI is InChI=1S/C18H23N3O4/c1-11(2)25-14-12(15(22)23)8-21-9-13(19-16(21)20-14)18-6-4-17(3,5-7-18)10-24-18/h8-9,11H,4-7,10H2,1-3H3,(H,22,23). The molecule has 0 atom stereocenters. The third kappa shape index (κ3) is 2.66. The van der Waals surface area contributed by atoms with Gasteiger partial charge in [-0.1, -0.05) is 6.92 Å². The van der Waals surface area contributed by atoms with Crippen LogP contribution in [0.15, 0.2) is 12.4 Å². The molecule has 4 heterocycles. The van der Waals surface area contributed by atoms with Crippen molar-refractivity contribution in [1.82, 2.24) is 14.4 Å². The van der Waals surface area contributed by atoms with E-state index in [2.05, 4.69) is 16.9 Å². The fraction of sp³-hybridized carbons (Fsp3) is 0.611. The summed E-state index contributed by atoms with van der Waals surface area (Å²) in [6.07, 6.45) is 7.32. The van der Waals surface area contributed by atoms with Crippen molar-refractivity contribution in [3.8, 4) is 5.88 Å². The van der Waals surface area contributed by atoms with Crippen molar-refractivity contribution in [3.05, 3.63) is 23.7 Å². The predicted molar refractivity (Wildman–Crippen MR) is 89.9 cm³/mol. The van der Waals surface area contributed by atoms with Crippen LogP contribution in [0, 0.1) is 5.41 Å². The highest BCUT2D eigenvalue weighted by atomic mass is 16.5. The topological polar surface area (TPSA) is 86.0 Å². The van der Waals surface area contributed by atoms with Crippen LogP contribution in [-0.4, -0.2) is 38.2 Å². The zero-order valence-electron chi connectivity index (χ0n) is 14.8. The number of carbonyl (C=O) groups is 1. The monoisotopic (exact) mass is 345 g/mol. The largest absolute Gasteiger partial charge is 0.477 e. The van der Waals surface area contributed by atoms with Gasteiger partial charge < -0.3 is 14.6 Å². The number of aromatic carboxylic acids is 1. The molecule has 0 spiro atoms. The van der Waals surface area contributed by atoms with Crippen LogP contribution in [-0.2, 0) is 10.3 Å². The first kappa shape index (κ1) is 16.3. The van der Waals surface area contributed by atoms with Crippen LogP contribution in [0.2, 0.25) is 0 Å². The number of hydrogen-bond donors (Lipinski definition) is 1. The Morgan fingerprint density at radius 3 is 2.56 bits per heavy atom. The van der Waals surface area contributed by atoms with E-state index in [1.807, 2.05) is 20.0 Å². The second-order valence-corrected chi connectivity index (χ2v) is 7.86. The fourth-order valence-corrected chi connectivity index (χ4v) is 3.77. The van der Waals surface area contributed by atoms with Crippen molar-refractivity contribution in [2.75, 3.05) is 6.61 Å². The van der Waals surface area contributed by atoms with Crippen LogP contribution in [0.25, 0.3) is 5.78 Å². The van der Waals surface area contributed by atoms with Crippen molar-refractivity contribution in [1.29, 1.82) is 0 Å². The fourth-order valence-electron chi connectivity index (χ4n) is 3.77. The quantitative estimate of drug-likeness (QED) is 0.917. The summed E-state index contributed by atoms with van der Waals surface area (Å²) in [6, 6.07) is 0. The Morgan fingerprint density at radius 1 is 1.28 bits per heavy atom. The van der Waals surface area contributed by atoms with Gasteiger partial charge in [-0.2, -0.15) is 4.98 Å². The molecule has 1 N–H and O–H groups in total. The number of nitrogens with zero attached hydrogens (tertiary/aromatic N) is 3. The van der Waals surface area contributed by atoms with E-state index in [4.69, 9.17) is 9.47 Å². The van der Waals surface area contributed by atoms with Crippen LogP contribution >= 0.6 is 0 Å². The van der Waals surface area contributed by atoms with E-state index in [-0.39, 0.29) is 28.6 Å². The molecule has 0 radical (unpaired) electrons. The molecule has 2 aromatic heterocycles. The Hall–Kier alpha value is -2.15. The molecule has 25 heavy (non-hydrogen) atoms. The molecule has 0 aromatic carbocycles. The minimum absolute atomic E-state index is 0.0310. The van der Waals surface area contributed by atoms with Gasteiger partial charge in [-0.3, -0.25) is 4.40 Å². The van der Waals surface area contributed by atoms with Crippen LogP contribution in [0.5, 0.6) is 5.88 Å². The first-order valence-corrected chi connectivity index (χ1v) is 8.74. The zero-order chi connectivity index (χ0) is 17.8. The number of carboxylic acid groups (broad SMARTS) is 1. The van der Waals surface area contributed by atoms with Gasteiger partial charge in [0.2, 0.25) is 11.7 Å². The molecule has 2 saturated heterocycles. The Balaban J connectivity index is 1.76. The van der Waals surface area contributed by atoms with Crippen molar-refractivity contribution in [3.63, 3.8) is 0 Å². The highest BCUT2D eigenvalue weighted by molar-refractivity contribution is 5.90. The van der Waals surface area contributed by atoms with Crippen molar-refractivity contribution in [2.45, 2.75) is 58.2 Å². The van der Waals surface area contributed by atoms with E-state index in [1.165, 1.54) is 6.20 Å². The maximum Gasteiger partial charge on any atom is 0.342 e. The SMILES string of the molecule is CC(C)Oc1nc2nc(C34CCC(C)(CC3)CO4)cn2cc1C(=O)O. The number of imidazole rings is 1. The Morgan fingerprint density at radius 2 is 2.00 bits per heavy atom. The normalized spacial score (nSPS) is 28.6. The summed E-state index contributed by atoms with van der Waals surface area (Å²) in [5.74, 6) is -0.529. The molecule has 1 saturated carbocycles. The maximum absolute atomic E-state index is 11.5. The lowest BCUT2D eigenvalue weighted by atomic mass is 9.66. The van der Waals surface area contributed by atoms with E-state index in [0.29, 0.717) is 5.78 Å². The third-order valence-corrected chi connectivity index (χ3v) is 5.42. The Kier molecular flexibility index (Phi) is 3.54. The molecule has 2 aliphatic heterocycles. The second kappa shape index (κ2) is 5.42. The lowest BCUT2D eigenvalue weighted by Gasteiger charge is -2.51. The molecule has 3 aliphatic rings. The summed E-state index contributed by atoms with van der Waals surface area (Å²) < 4.78 is 13.4. The average Bonchev–Trinajstić information content (AvgIpc) is 2.98. The maximum atomic E-state index is 11.5. The number of carboxylic acids is 1. The lowest BCUT2D eigenvalue weighted by Crippen LogP contribution is -2.48. The molecule has 5 rings (SSSR count). The van der Waals surface area contributed by atoms with Gasteiger partial charge in [-0.25, -0.2) is 9.78 Å². The van der Waals surface area contributed by atoms with Gasteiger partial charge in [-0.05, 0) is 44.9 Å². The Bertz CT molecular complexity index is 818.